The Morgan fingerprint density at radius 1 is 1.26 bits per heavy atom. The number of benzene rings is 1. The molecule has 0 bridgehead atoms. The molecule has 2 N–H and O–H groups in total. The van der Waals surface area contributed by atoms with Crippen molar-refractivity contribution in [3.05, 3.63) is 58.5 Å². The topological polar surface area (TPSA) is 48.4 Å². The smallest absolute Gasteiger partial charge is 0.129 e. The van der Waals surface area contributed by atoms with Crippen LogP contribution in [0, 0.1) is 0 Å². The van der Waals surface area contributed by atoms with E-state index in [2.05, 4.69) is 22.9 Å². The van der Waals surface area contributed by atoms with Crippen LogP contribution in [0.3, 0.4) is 0 Å². The second-order valence-electron chi connectivity index (χ2n) is 4.40. The van der Waals surface area contributed by atoms with Gasteiger partial charge in [0.05, 0.1) is 12.4 Å². The zero-order chi connectivity index (χ0) is 13.7. The summed E-state index contributed by atoms with van der Waals surface area (Å²) < 4.78 is 12.3. The third-order valence-electron chi connectivity index (χ3n) is 3.06. The molecule has 2 aromatic rings. The Kier molecular flexibility index (Phi) is 5.19. The van der Waals surface area contributed by atoms with E-state index in [0.29, 0.717) is 6.61 Å². The van der Waals surface area contributed by atoms with Crippen LogP contribution in [0.25, 0.3) is 0 Å². The largest absolute Gasteiger partial charge is 0.467 e. The molecule has 0 aliphatic heterocycles. The molecule has 0 spiro atoms. The third-order valence-corrected chi connectivity index (χ3v) is 3.78. The molecule has 19 heavy (non-hydrogen) atoms. The van der Waals surface area contributed by atoms with Gasteiger partial charge >= 0.3 is 0 Å². The zero-order valence-corrected chi connectivity index (χ0v) is 12.5. The molecule has 102 valence electrons. The number of furan rings is 1. The van der Waals surface area contributed by atoms with Gasteiger partial charge in [-0.2, -0.15) is 0 Å². The van der Waals surface area contributed by atoms with E-state index >= 15 is 0 Å². The quantitative estimate of drug-likeness (QED) is 0.872. The molecule has 3 nitrogen and oxygen atoms in total. The lowest BCUT2D eigenvalue weighted by atomic mass is 10.0. The van der Waals surface area contributed by atoms with Crippen molar-refractivity contribution in [3.63, 3.8) is 0 Å². The van der Waals surface area contributed by atoms with Crippen LogP contribution in [0.15, 0.2) is 51.6 Å². The van der Waals surface area contributed by atoms with Crippen molar-refractivity contribution in [2.75, 3.05) is 0 Å². The van der Waals surface area contributed by atoms with Crippen molar-refractivity contribution < 1.29 is 9.15 Å². The van der Waals surface area contributed by atoms with E-state index in [0.717, 1.165) is 22.2 Å². The van der Waals surface area contributed by atoms with Crippen molar-refractivity contribution in [1.82, 2.24) is 0 Å². The van der Waals surface area contributed by atoms with Crippen molar-refractivity contribution in [2.45, 2.75) is 32.1 Å². The van der Waals surface area contributed by atoms with E-state index in [-0.39, 0.29) is 12.1 Å². The number of hydrogen-bond donors (Lipinski definition) is 1. The second-order valence-corrected chi connectivity index (χ2v) is 5.26. The van der Waals surface area contributed by atoms with Crippen LogP contribution in [0.1, 0.15) is 30.8 Å². The van der Waals surface area contributed by atoms with Gasteiger partial charge in [-0.25, -0.2) is 0 Å². The van der Waals surface area contributed by atoms with Gasteiger partial charge in [0.15, 0.2) is 0 Å². The van der Waals surface area contributed by atoms with Gasteiger partial charge in [-0.05, 0) is 30.2 Å². The van der Waals surface area contributed by atoms with Gasteiger partial charge < -0.3 is 14.9 Å². The highest BCUT2D eigenvalue weighted by Crippen LogP contribution is 2.29. The first-order valence-electron chi connectivity index (χ1n) is 6.36. The summed E-state index contributed by atoms with van der Waals surface area (Å²) in [5.41, 5.74) is 7.25. The zero-order valence-electron chi connectivity index (χ0n) is 10.9. The Morgan fingerprint density at radius 3 is 2.68 bits per heavy atom. The van der Waals surface area contributed by atoms with Gasteiger partial charge in [0.25, 0.3) is 0 Å². The minimum absolute atomic E-state index is 0.0475. The minimum Gasteiger partial charge on any atom is -0.467 e. The van der Waals surface area contributed by atoms with Gasteiger partial charge in [0.1, 0.15) is 12.4 Å². The first-order valence-corrected chi connectivity index (χ1v) is 7.15. The number of rotatable bonds is 6. The molecule has 1 aromatic carbocycles. The van der Waals surface area contributed by atoms with E-state index in [1.807, 2.05) is 36.4 Å². The first kappa shape index (κ1) is 14.3. The van der Waals surface area contributed by atoms with Crippen molar-refractivity contribution in [3.8, 4) is 0 Å². The highest BCUT2D eigenvalue weighted by Gasteiger charge is 2.21. The average molecular weight is 324 g/mol. The maximum absolute atomic E-state index is 6.18. The summed E-state index contributed by atoms with van der Waals surface area (Å²) in [5.74, 6) is 0.806. The molecule has 0 radical (unpaired) electrons. The highest BCUT2D eigenvalue weighted by atomic mass is 79.9. The van der Waals surface area contributed by atoms with E-state index < -0.39 is 0 Å². The van der Waals surface area contributed by atoms with Crippen LogP contribution in [-0.4, -0.2) is 6.04 Å². The highest BCUT2D eigenvalue weighted by molar-refractivity contribution is 9.10. The van der Waals surface area contributed by atoms with Crippen molar-refractivity contribution in [1.29, 1.82) is 0 Å². The number of halogens is 1. The van der Waals surface area contributed by atoms with Crippen LogP contribution in [0.5, 0.6) is 0 Å². The molecule has 0 aliphatic rings. The first-order chi connectivity index (χ1) is 9.22. The third kappa shape index (κ3) is 3.69. The fourth-order valence-electron chi connectivity index (χ4n) is 1.93. The SMILES string of the molecule is CCC(N)C(OCc1ccco1)c1ccccc1Br. The molecular weight excluding hydrogens is 306 g/mol. The fraction of sp³-hybridized carbons (Fsp3) is 0.333. The van der Waals surface area contributed by atoms with Gasteiger partial charge in [-0.15, -0.1) is 0 Å². The lowest BCUT2D eigenvalue weighted by molar-refractivity contribution is 0.0122. The monoisotopic (exact) mass is 323 g/mol. The molecule has 0 fully saturated rings. The summed E-state index contributed by atoms with van der Waals surface area (Å²) in [5, 5.41) is 0. The molecular formula is C15H18BrNO2. The fourth-order valence-corrected chi connectivity index (χ4v) is 2.44. The molecule has 1 heterocycles. The van der Waals surface area contributed by atoms with E-state index in [4.69, 9.17) is 14.9 Å². The summed E-state index contributed by atoms with van der Waals surface area (Å²) in [6.45, 7) is 2.48. The molecule has 0 amide bonds. The van der Waals surface area contributed by atoms with E-state index in [9.17, 15) is 0 Å². The Labute approximate surface area is 121 Å². The Bertz CT molecular complexity index is 499. The summed E-state index contributed by atoms with van der Waals surface area (Å²) in [6.07, 6.45) is 2.35. The number of ether oxygens (including phenoxy) is 1. The molecule has 2 atom stereocenters. The van der Waals surface area contributed by atoms with Crippen LogP contribution in [-0.2, 0) is 11.3 Å². The minimum atomic E-state index is -0.148. The molecule has 0 saturated heterocycles. The summed E-state index contributed by atoms with van der Waals surface area (Å²) in [7, 11) is 0. The van der Waals surface area contributed by atoms with Crippen LogP contribution >= 0.6 is 15.9 Å². The maximum Gasteiger partial charge on any atom is 0.129 e. The molecule has 2 rings (SSSR count). The number of nitrogens with two attached hydrogens (primary N) is 1. The van der Waals surface area contributed by atoms with E-state index in [1.54, 1.807) is 6.26 Å². The van der Waals surface area contributed by atoms with E-state index in [1.165, 1.54) is 0 Å². The Hall–Kier alpha value is -1.10. The van der Waals surface area contributed by atoms with Gasteiger partial charge in [-0.3, -0.25) is 0 Å². The van der Waals surface area contributed by atoms with Gasteiger partial charge in [0.2, 0.25) is 0 Å². The molecule has 1 aromatic heterocycles. The van der Waals surface area contributed by atoms with Crippen LogP contribution in [0.2, 0.25) is 0 Å². The van der Waals surface area contributed by atoms with Crippen LogP contribution < -0.4 is 5.73 Å². The Morgan fingerprint density at radius 2 is 2.05 bits per heavy atom. The lowest BCUT2D eigenvalue weighted by Crippen LogP contribution is -2.29. The Balaban J connectivity index is 2.14. The summed E-state index contributed by atoms with van der Waals surface area (Å²) >= 11 is 3.55. The molecule has 4 heteroatoms. The van der Waals surface area contributed by atoms with Crippen LogP contribution in [0.4, 0.5) is 0 Å². The summed E-state index contributed by atoms with van der Waals surface area (Å²) in [4.78, 5) is 0. The number of hydrogen-bond acceptors (Lipinski definition) is 3. The second kappa shape index (κ2) is 6.89. The lowest BCUT2D eigenvalue weighted by Gasteiger charge is -2.24. The van der Waals surface area contributed by atoms with Gasteiger partial charge in [0, 0.05) is 10.5 Å². The molecule has 2 unspecified atom stereocenters. The predicted octanol–water partition coefficient (Wildman–Crippen LogP) is 4.04. The van der Waals surface area contributed by atoms with Crippen molar-refractivity contribution >= 4 is 15.9 Å². The molecule has 0 saturated carbocycles. The maximum atomic E-state index is 6.18. The molecule has 0 aliphatic carbocycles. The van der Waals surface area contributed by atoms with Crippen molar-refractivity contribution in [2.24, 2.45) is 5.73 Å². The normalized spacial score (nSPS) is 14.3. The summed E-state index contributed by atoms with van der Waals surface area (Å²) in [6, 6.07) is 11.7. The van der Waals surface area contributed by atoms with Gasteiger partial charge in [-0.1, -0.05) is 41.1 Å². The average Bonchev–Trinajstić information content (AvgIpc) is 2.93. The predicted molar refractivity (Wildman–Crippen MR) is 78.6 cm³/mol. The standard InChI is InChI=1S/C15H18BrNO2/c1-2-14(17)15(12-7-3-4-8-13(12)16)19-10-11-6-5-9-18-11/h3-9,14-15H,2,10,17H2,1H3.